The second-order valence-electron chi connectivity index (χ2n) is 6.66. The van der Waals surface area contributed by atoms with Gasteiger partial charge in [0, 0.05) is 18.2 Å². The van der Waals surface area contributed by atoms with Gasteiger partial charge in [-0.25, -0.2) is 4.79 Å². The highest BCUT2D eigenvalue weighted by Crippen LogP contribution is 2.29. The van der Waals surface area contributed by atoms with Crippen LogP contribution >= 0.6 is 0 Å². The van der Waals surface area contributed by atoms with Crippen LogP contribution in [0, 0.1) is 0 Å². The van der Waals surface area contributed by atoms with Gasteiger partial charge >= 0.3 is 12.6 Å². The monoisotopic (exact) mass is 397 g/mol. The lowest BCUT2D eigenvalue weighted by Crippen LogP contribution is -2.49. The maximum atomic E-state index is 12.3. The first-order chi connectivity index (χ1) is 13.3. The van der Waals surface area contributed by atoms with E-state index in [-0.39, 0.29) is 36.1 Å². The standard InChI is InChI=1S/C20H25F2NO5/c1-13-5-4-6-14(2)23(13)18(24)12-27-19(25)10-8-15-7-9-16(28-20(21)22)17(11-15)26-3/h7-11,13-14,20H,4-6,12H2,1-3H3/b10-8+/t13-,14-/m1/s1. The number of benzene rings is 1. The van der Waals surface area contributed by atoms with Crippen molar-refractivity contribution in [3.05, 3.63) is 29.8 Å². The molecular formula is C20H25F2NO5. The van der Waals surface area contributed by atoms with Gasteiger partial charge in [0.1, 0.15) is 0 Å². The number of hydrogen-bond donors (Lipinski definition) is 0. The summed E-state index contributed by atoms with van der Waals surface area (Å²) in [5.41, 5.74) is 0.528. The zero-order chi connectivity index (χ0) is 20.7. The van der Waals surface area contributed by atoms with E-state index in [2.05, 4.69) is 4.74 Å². The van der Waals surface area contributed by atoms with Crippen molar-refractivity contribution in [3.8, 4) is 11.5 Å². The van der Waals surface area contributed by atoms with Crippen molar-refractivity contribution in [1.29, 1.82) is 0 Å². The third-order valence-corrected chi connectivity index (χ3v) is 4.64. The molecule has 1 aromatic carbocycles. The van der Waals surface area contributed by atoms with Crippen LogP contribution in [0.3, 0.4) is 0 Å². The quantitative estimate of drug-likeness (QED) is 0.519. The molecule has 2 rings (SSSR count). The minimum absolute atomic E-state index is 0.104. The number of esters is 1. The van der Waals surface area contributed by atoms with Crippen LogP contribution in [0.1, 0.15) is 38.7 Å². The first-order valence-electron chi connectivity index (χ1n) is 9.10. The minimum Gasteiger partial charge on any atom is -0.493 e. The molecule has 2 atom stereocenters. The van der Waals surface area contributed by atoms with Crippen LogP contribution in [0.25, 0.3) is 6.08 Å². The van der Waals surface area contributed by atoms with Crippen molar-refractivity contribution in [3.63, 3.8) is 0 Å². The molecule has 154 valence electrons. The van der Waals surface area contributed by atoms with Gasteiger partial charge < -0.3 is 19.1 Å². The van der Waals surface area contributed by atoms with E-state index in [0.717, 1.165) is 19.3 Å². The molecule has 0 saturated carbocycles. The summed E-state index contributed by atoms with van der Waals surface area (Å²) in [6.45, 7) is 0.699. The molecule has 28 heavy (non-hydrogen) atoms. The minimum atomic E-state index is -2.96. The van der Waals surface area contributed by atoms with E-state index >= 15 is 0 Å². The number of methoxy groups -OCH3 is 1. The van der Waals surface area contributed by atoms with E-state index in [9.17, 15) is 18.4 Å². The Bertz CT molecular complexity index is 713. The Morgan fingerprint density at radius 1 is 1.21 bits per heavy atom. The molecule has 0 spiro atoms. The van der Waals surface area contributed by atoms with Gasteiger partial charge in [-0.2, -0.15) is 8.78 Å². The lowest BCUT2D eigenvalue weighted by Gasteiger charge is -2.38. The normalized spacial score (nSPS) is 19.7. The summed E-state index contributed by atoms with van der Waals surface area (Å²) in [6, 6.07) is 4.52. The summed E-state index contributed by atoms with van der Waals surface area (Å²) in [5, 5.41) is 0. The summed E-state index contributed by atoms with van der Waals surface area (Å²) in [6.07, 6.45) is 5.57. The second kappa shape index (κ2) is 10.1. The Morgan fingerprint density at radius 2 is 1.89 bits per heavy atom. The first-order valence-corrected chi connectivity index (χ1v) is 9.10. The number of carbonyl (C=O) groups is 2. The van der Waals surface area contributed by atoms with Crippen LogP contribution in [0.4, 0.5) is 8.78 Å². The summed E-state index contributed by atoms with van der Waals surface area (Å²) in [4.78, 5) is 26.0. The average molecular weight is 397 g/mol. The Morgan fingerprint density at radius 3 is 2.50 bits per heavy atom. The van der Waals surface area contributed by atoms with Gasteiger partial charge in [0.25, 0.3) is 5.91 Å². The number of likely N-dealkylation sites (tertiary alicyclic amines) is 1. The van der Waals surface area contributed by atoms with Crippen LogP contribution in [0.2, 0.25) is 0 Å². The van der Waals surface area contributed by atoms with Crippen molar-refractivity contribution in [1.82, 2.24) is 4.90 Å². The second-order valence-corrected chi connectivity index (χ2v) is 6.66. The highest BCUT2D eigenvalue weighted by Gasteiger charge is 2.29. The molecule has 1 fully saturated rings. The van der Waals surface area contributed by atoms with E-state index in [0.29, 0.717) is 5.56 Å². The smallest absolute Gasteiger partial charge is 0.387 e. The molecule has 1 saturated heterocycles. The zero-order valence-electron chi connectivity index (χ0n) is 16.2. The fourth-order valence-electron chi connectivity index (χ4n) is 3.31. The largest absolute Gasteiger partial charge is 0.493 e. The number of alkyl halides is 2. The van der Waals surface area contributed by atoms with E-state index in [1.165, 1.54) is 37.5 Å². The molecule has 1 amide bonds. The van der Waals surface area contributed by atoms with Gasteiger partial charge in [-0.1, -0.05) is 6.07 Å². The lowest BCUT2D eigenvalue weighted by molar-refractivity contribution is -0.151. The molecule has 1 aliphatic heterocycles. The highest BCUT2D eigenvalue weighted by molar-refractivity contribution is 5.89. The van der Waals surface area contributed by atoms with Crippen LogP contribution in [0.5, 0.6) is 11.5 Å². The molecule has 0 N–H and O–H groups in total. The van der Waals surface area contributed by atoms with Crippen molar-refractivity contribution in [2.75, 3.05) is 13.7 Å². The molecule has 6 nitrogen and oxygen atoms in total. The summed E-state index contributed by atoms with van der Waals surface area (Å²) in [7, 11) is 1.32. The maximum absolute atomic E-state index is 12.3. The Hall–Kier alpha value is -2.64. The van der Waals surface area contributed by atoms with Crippen molar-refractivity contribution in [2.45, 2.75) is 51.8 Å². The van der Waals surface area contributed by atoms with Crippen LogP contribution < -0.4 is 9.47 Å². The number of nitrogens with zero attached hydrogens (tertiary/aromatic N) is 1. The molecule has 8 heteroatoms. The molecule has 1 heterocycles. The molecule has 0 aliphatic carbocycles. The van der Waals surface area contributed by atoms with E-state index in [1.54, 1.807) is 4.90 Å². The average Bonchev–Trinajstić information content (AvgIpc) is 2.65. The van der Waals surface area contributed by atoms with Crippen molar-refractivity contribution < 1.29 is 32.6 Å². The third-order valence-electron chi connectivity index (χ3n) is 4.64. The van der Waals surface area contributed by atoms with Gasteiger partial charge in [0.2, 0.25) is 0 Å². The molecule has 0 unspecified atom stereocenters. The number of carbonyl (C=O) groups excluding carboxylic acids is 2. The number of amides is 1. The van der Waals surface area contributed by atoms with Crippen LogP contribution in [0.15, 0.2) is 24.3 Å². The Balaban J connectivity index is 1.92. The summed E-state index contributed by atoms with van der Waals surface area (Å²) >= 11 is 0. The van der Waals surface area contributed by atoms with Crippen LogP contribution in [-0.4, -0.2) is 49.2 Å². The maximum Gasteiger partial charge on any atom is 0.387 e. The first kappa shape index (κ1) is 21.7. The molecule has 0 radical (unpaired) electrons. The molecule has 1 aromatic rings. The van der Waals surface area contributed by atoms with Gasteiger partial charge in [-0.3, -0.25) is 4.79 Å². The van der Waals surface area contributed by atoms with E-state index < -0.39 is 12.6 Å². The molecule has 1 aliphatic rings. The summed E-state index contributed by atoms with van der Waals surface area (Å²) < 4.78 is 39.1. The lowest BCUT2D eigenvalue weighted by atomic mass is 9.97. The van der Waals surface area contributed by atoms with E-state index in [1.807, 2.05) is 13.8 Å². The number of rotatable bonds is 7. The predicted octanol–water partition coefficient (Wildman–Crippen LogP) is 3.64. The third kappa shape index (κ3) is 5.94. The molecule has 0 aromatic heterocycles. The Kier molecular flexibility index (Phi) is 7.78. The SMILES string of the molecule is COc1cc(/C=C/C(=O)OCC(=O)N2[C@H](C)CCC[C@H]2C)ccc1OC(F)F. The highest BCUT2D eigenvalue weighted by atomic mass is 19.3. The predicted molar refractivity (Wildman–Crippen MR) is 99.2 cm³/mol. The topological polar surface area (TPSA) is 65.1 Å². The fraction of sp³-hybridized carbons (Fsp3) is 0.500. The van der Waals surface area contributed by atoms with Gasteiger partial charge in [-0.15, -0.1) is 0 Å². The van der Waals surface area contributed by atoms with Crippen LogP contribution in [-0.2, 0) is 14.3 Å². The molecule has 0 bridgehead atoms. The fourth-order valence-corrected chi connectivity index (χ4v) is 3.31. The zero-order valence-corrected chi connectivity index (χ0v) is 16.2. The van der Waals surface area contributed by atoms with Gasteiger partial charge in [-0.05, 0) is 56.9 Å². The van der Waals surface area contributed by atoms with Crippen molar-refractivity contribution in [2.24, 2.45) is 0 Å². The number of hydrogen-bond acceptors (Lipinski definition) is 5. The number of ether oxygens (including phenoxy) is 3. The number of piperidine rings is 1. The van der Waals surface area contributed by atoms with E-state index in [4.69, 9.17) is 9.47 Å². The Labute approximate surface area is 163 Å². The molecular weight excluding hydrogens is 372 g/mol. The number of halogens is 2. The van der Waals surface area contributed by atoms with Crippen molar-refractivity contribution >= 4 is 18.0 Å². The van der Waals surface area contributed by atoms with Gasteiger partial charge in [0.15, 0.2) is 18.1 Å². The summed E-state index contributed by atoms with van der Waals surface area (Å²) in [5.74, 6) is -0.874. The van der Waals surface area contributed by atoms with Gasteiger partial charge in [0.05, 0.1) is 7.11 Å².